The first-order chi connectivity index (χ1) is 8.69. The molecule has 2 aliphatic rings. The molecule has 2 saturated carbocycles. The Hall–Kier alpha value is -0.940. The van der Waals surface area contributed by atoms with Crippen LogP contribution in [0.1, 0.15) is 63.6 Å². The summed E-state index contributed by atoms with van der Waals surface area (Å²) in [5.74, 6) is 1.29. The van der Waals surface area contributed by atoms with Gasteiger partial charge in [-0.05, 0) is 32.6 Å². The van der Waals surface area contributed by atoms with Gasteiger partial charge in [-0.2, -0.15) is 4.98 Å². The van der Waals surface area contributed by atoms with Gasteiger partial charge in [0.05, 0.1) is 5.54 Å². The zero-order chi connectivity index (χ0) is 12.6. The maximum absolute atomic E-state index is 6.09. The number of aromatic nitrogens is 2. The van der Waals surface area contributed by atoms with E-state index in [4.69, 9.17) is 15.0 Å². The normalized spacial score (nSPS) is 25.0. The summed E-state index contributed by atoms with van der Waals surface area (Å²) in [4.78, 5) is 4.53. The third-order valence-corrected chi connectivity index (χ3v) is 4.13. The zero-order valence-corrected chi connectivity index (χ0v) is 10.9. The molecule has 1 heterocycles. The van der Waals surface area contributed by atoms with E-state index >= 15 is 0 Å². The van der Waals surface area contributed by atoms with Crippen molar-refractivity contribution in [3.05, 3.63) is 11.7 Å². The number of ether oxygens (including phenoxy) is 1. The van der Waals surface area contributed by atoms with Crippen LogP contribution in [-0.2, 0) is 15.9 Å². The second-order valence-corrected chi connectivity index (χ2v) is 5.57. The molecule has 0 bridgehead atoms. The Labute approximate surface area is 107 Å². The Balaban J connectivity index is 1.87. The molecule has 0 unspecified atom stereocenters. The molecule has 0 aliphatic heterocycles. The lowest BCUT2D eigenvalue weighted by molar-refractivity contribution is -0.0777. The number of hydrogen-bond donors (Lipinski definition) is 1. The average Bonchev–Trinajstić information content (AvgIpc) is 2.95. The molecule has 3 rings (SSSR count). The molecule has 2 aliphatic carbocycles. The van der Waals surface area contributed by atoms with Crippen molar-refractivity contribution < 1.29 is 9.26 Å². The fraction of sp³-hybridized carbons (Fsp3) is 0.846. The largest absolute Gasteiger partial charge is 0.367 e. The van der Waals surface area contributed by atoms with Gasteiger partial charge in [-0.15, -0.1) is 0 Å². The van der Waals surface area contributed by atoms with Crippen molar-refractivity contribution in [2.24, 2.45) is 5.73 Å². The minimum atomic E-state index is -0.354. The molecule has 0 spiro atoms. The van der Waals surface area contributed by atoms with Crippen molar-refractivity contribution in [2.45, 2.75) is 63.0 Å². The molecular formula is C13H21N3O2. The fourth-order valence-electron chi connectivity index (χ4n) is 2.79. The molecule has 5 heteroatoms. The first-order valence-corrected chi connectivity index (χ1v) is 6.96. The molecule has 0 aromatic carbocycles. The predicted octanol–water partition coefficient (Wildman–Crippen LogP) is 2.21. The summed E-state index contributed by atoms with van der Waals surface area (Å²) in [5.41, 5.74) is 5.40. The summed E-state index contributed by atoms with van der Waals surface area (Å²) in [7, 11) is 0. The molecule has 100 valence electrons. The van der Waals surface area contributed by atoms with Crippen LogP contribution < -0.4 is 5.73 Å². The van der Waals surface area contributed by atoms with Crippen molar-refractivity contribution in [2.75, 3.05) is 6.61 Å². The van der Waals surface area contributed by atoms with E-state index in [9.17, 15) is 0 Å². The molecule has 1 aromatic rings. The third-order valence-electron chi connectivity index (χ3n) is 4.13. The predicted molar refractivity (Wildman–Crippen MR) is 65.8 cm³/mol. The summed E-state index contributed by atoms with van der Waals surface area (Å²) in [6.07, 6.45) is 7.44. The molecule has 0 saturated heterocycles. The minimum absolute atomic E-state index is 0.333. The van der Waals surface area contributed by atoms with Crippen LogP contribution in [0.4, 0.5) is 0 Å². The zero-order valence-electron chi connectivity index (χ0n) is 10.9. The molecule has 1 aromatic heterocycles. The van der Waals surface area contributed by atoms with Gasteiger partial charge in [-0.1, -0.05) is 24.4 Å². The highest BCUT2D eigenvalue weighted by molar-refractivity contribution is 5.14. The lowest BCUT2D eigenvalue weighted by Gasteiger charge is -2.33. The molecule has 0 radical (unpaired) electrons. The summed E-state index contributed by atoms with van der Waals surface area (Å²) >= 11 is 0. The van der Waals surface area contributed by atoms with Gasteiger partial charge in [0.25, 0.3) is 0 Å². The van der Waals surface area contributed by atoms with Crippen molar-refractivity contribution >= 4 is 0 Å². The fourth-order valence-corrected chi connectivity index (χ4v) is 2.79. The summed E-state index contributed by atoms with van der Waals surface area (Å²) in [5, 5.41) is 4.15. The van der Waals surface area contributed by atoms with E-state index in [0.29, 0.717) is 18.3 Å². The topological polar surface area (TPSA) is 74.2 Å². The summed E-state index contributed by atoms with van der Waals surface area (Å²) < 4.78 is 11.3. The number of nitrogens with two attached hydrogens (primary N) is 1. The first-order valence-electron chi connectivity index (χ1n) is 6.96. The van der Waals surface area contributed by atoms with Crippen molar-refractivity contribution in [3.63, 3.8) is 0 Å². The Morgan fingerprint density at radius 1 is 1.22 bits per heavy atom. The van der Waals surface area contributed by atoms with E-state index in [0.717, 1.165) is 38.5 Å². The molecule has 0 atom stereocenters. The molecule has 2 N–H and O–H groups in total. The Morgan fingerprint density at radius 2 is 1.94 bits per heavy atom. The van der Waals surface area contributed by atoms with E-state index in [1.54, 1.807) is 0 Å². The van der Waals surface area contributed by atoms with Crippen molar-refractivity contribution in [1.29, 1.82) is 0 Å². The van der Waals surface area contributed by atoms with E-state index in [1.165, 1.54) is 6.42 Å². The van der Waals surface area contributed by atoms with Crippen LogP contribution in [0.3, 0.4) is 0 Å². The van der Waals surface area contributed by atoms with E-state index < -0.39 is 0 Å². The van der Waals surface area contributed by atoms with E-state index in [1.807, 2.05) is 6.92 Å². The standard InChI is InChI=1S/C13H21N3O2/c1-2-17-13(6-4-3-5-7-13)10-15-11(18-16-10)12(14)8-9-12/h2-9,14H2,1H3. The van der Waals surface area contributed by atoms with Gasteiger partial charge < -0.3 is 15.0 Å². The quantitative estimate of drug-likeness (QED) is 0.888. The van der Waals surface area contributed by atoms with Gasteiger partial charge in [-0.25, -0.2) is 0 Å². The van der Waals surface area contributed by atoms with Crippen molar-refractivity contribution in [1.82, 2.24) is 10.1 Å². The van der Waals surface area contributed by atoms with Crippen molar-refractivity contribution in [3.8, 4) is 0 Å². The number of nitrogens with zero attached hydrogens (tertiary/aromatic N) is 2. The monoisotopic (exact) mass is 251 g/mol. The van der Waals surface area contributed by atoms with Gasteiger partial charge in [0, 0.05) is 6.61 Å². The lowest BCUT2D eigenvalue weighted by atomic mass is 9.84. The SMILES string of the molecule is CCOC1(c2noc(C3(N)CC3)n2)CCCCC1. The van der Waals surface area contributed by atoms with Crippen LogP contribution in [0, 0.1) is 0 Å². The van der Waals surface area contributed by atoms with Crippen LogP contribution in [0.15, 0.2) is 4.52 Å². The van der Waals surface area contributed by atoms with Crippen LogP contribution in [0.25, 0.3) is 0 Å². The Bertz CT molecular complexity index is 414. The molecule has 0 amide bonds. The van der Waals surface area contributed by atoms with Crippen LogP contribution in [0.5, 0.6) is 0 Å². The molecule has 18 heavy (non-hydrogen) atoms. The highest BCUT2D eigenvalue weighted by Crippen LogP contribution is 2.44. The van der Waals surface area contributed by atoms with Gasteiger partial charge in [-0.3, -0.25) is 0 Å². The first kappa shape index (κ1) is 12.1. The Kier molecular flexibility index (Phi) is 2.90. The summed E-state index contributed by atoms with van der Waals surface area (Å²) in [6, 6.07) is 0. The average molecular weight is 251 g/mol. The molecule has 5 nitrogen and oxygen atoms in total. The Morgan fingerprint density at radius 3 is 2.56 bits per heavy atom. The van der Waals surface area contributed by atoms with Crippen LogP contribution in [-0.4, -0.2) is 16.7 Å². The maximum Gasteiger partial charge on any atom is 0.246 e. The second-order valence-electron chi connectivity index (χ2n) is 5.57. The molecular weight excluding hydrogens is 230 g/mol. The van der Waals surface area contributed by atoms with Crippen LogP contribution >= 0.6 is 0 Å². The smallest absolute Gasteiger partial charge is 0.246 e. The maximum atomic E-state index is 6.09. The van der Waals surface area contributed by atoms with Gasteiger partial charge in [0.2, 0.25) is 11.7 Å². The van der Waals surface area contributed by atoms with Gasteiger partial charge >= 0.3 is 0 Å². The van der Waals surface area contributed by atoms with Crippen LogP contribution in [0.2, 0.25) is 0 Å². The number of hydrogen-bond acceptors (Lipinski definition) is 5. The molecule has 2 fully saturated rings. The van der Waals surface area contributed by atoms with Gasteiger partial charge in [0.15, 0.2) is 0 Å². The minimum Gasteiger partial charge on any atom is -0.367 e. The highest BCUT2D eigenvalue weighted by Gasteiger charge is 2.47. The highest BCUT2D eigenvalue weighted by atomic mass is 16.5. The second kappa shape index (κ2) is 4.31. The number of rotatable bonds is 4. The van der Waals surface area contributed by atoms with E-state index in [-0.39, 0.29) is 11.1 Å². The van der Waals surface area contributed by atoms with Gasteiger partial charge in [0.1, 0.15) is 5.60 Å². The lowest BCUT2D eigenvalue weighted by Crippen LogP contribution is -2.34. The third kappa shape index (κ3) is 1.95. The van der Waals surface area contributed by atoms with E-state index in [2.05, 4.69) is 10.1 Å². The summed E-state index contributed by atoms with van der Waals surface area (Å²) in [6.45, 7) is 2.69.